The molecule has 6 heteroatoms. The zero-order valence-corrected chi connectivity index (χ0v) is 9.48. The first-order chi connectivity index (χ1) is 7.56. The van der Waals surface area contributed by atoms with Gasteiger partial charge in [-0.1, -0.05) is 12.1 Å². The number of aliphatic hydroxyl groups is 1. The molecule has 0 radical (unpaired) electrons. The Morgan fingerprint density at radius 3 is 2.88 bits per heavy atom. The fraction of sp³-hybridized carbons (Fsp3) is 0.400. The molecule has 1 atom stereocenters. The van der Waals surface area contributed by atoms with Crippen LogP contribution >= 0.6 is 11.6 Å². The number of para-hydroxylation sites is 1. The number of aryl methyl sites for hydroxylation is 1. The molecular weight excluding hydrogens is 234 g/mol. The maximum atomic E-state index is 10.7. The molecule has 5 nitrogen and oxygen atoms in total. The molecule has 0 saturated heterocycles. The van der Waals surface area contributed by atoms with Crippen molar-refractivity contribution < 1.29 is 14.8 Å². The first-order valence-corrected chi connectivity index (χ1v) is 5.20. The van der Waals surface area contributed by atoms with E-state index in [1.807, 2.05) is 0 Å². The fourth-order valence-corrected chi connectivity index (χ4v) is 1.28. The van der Waals surface area contributed by atoms with Crippen molar-refractivity contribution in [2.45, 2.75) is 13.0 Å². The molecule has 0 spiro atoms. The van der Waals surface area contributed by atoms with Crippen molar-refractivity contribution in [1.29, 1.82) is 0 Å². The van der Waals surface area contributed by atoms with Gasteiger partial charge < -0.3 is 9.84 Å². The van der Waals surface area contributed by atoms with E-state index in [-0.39, 0.29) is 23.9 Å². The average Bonchev–Trinajstić information content (AvgIpc) is 2.26. The second-order valence-electron chi connectivity index (χ2n) is 3.30. The lowest BCUT2D eigenvalue weighted by Crippen LogP contribution is -2.19. The Morgan fingerprint density at radius 1 is 1.62 bits per heavy atom. The summed E-state index contributed by atoms with van der Waals surface area (Å²) >= 11 is 5.40. The number of halogens is 1. The van der Waals surface area contributed by atoms with Crippen LogP contribution in [0.2, 0.25) is 0 Å². The zero-order chi connectivity index (χ0) is 12.1. The first-order valence-electron chi connectivity index (χ1n) is 4.67. The lowest BCUT2D eigenvalue weighted by molar-refractivity contribution is -0.386. The number of nitro benzene ring substituents is 1. The van der Waals surface area contributed by atoms with Gasteiger partial charge in [0.25, 0.3) is 0 Å². The van der Waals surface area contributed by atoms with Crippen LogP contribution in [-0.2, 0) is 0 Å². The Balaban J connectivity index is 2.88. The summed E-state index contributed by atoms with van der Waals surface area (Å²) in [5.41, 5.74) is 0.540. The minimum atomic E-state index is -0.833. The van der Waals surface area contributed by atoms with Gasteiger partial charge in [0.2, 0.25) is 0 Å². The third-order valence-electron chi connectivity index (χ3n) is 1.99. The van der Waals surface area contributed by atoms with E-state index < -0.39 is 11.0 Å². The van der Waals surface area contributed by atoms with E-state index in [0.29, 0.717) is 5.56 Å². The summed E-state index contributed by atoms with van der Waals surface area (Å²) in [5.74, 6) is 0.205. The van der Waals surface area contributed by atoms with Crippen molar-refractivity contribution in [3.05, 3.63) is 33.9 Å². The first kappa shape index (κ1) is 12.7. The van der Waals surface area contributed by atoms with Crippen molar-refractivity contribution in [3.8, 4) is 5.75 Å². The van der Waals surface area contributed by atoms with Crippen LogP contribution in [0.3, 0.4) is 0 Å². The molecule has 0 bridgehead atoms. The summed E-state index contributed by atoms with van der Waals surface area (Å²) < 4.78 is 5.21. The SMILES string of the molecule is Cc1cccc([N+](=O)[O-])c1OCC(O)CCl. The van der Waals surface area contributed by atoms with E-state index in [1.54, 1.807) is 19.1 Å². The standard InChI is InChI=1S/C10H12ClNO4/c1-7-3-2-4-9(12(14)15)10(7)16-6-8(13)5-11/h2-4,8,13H,5-6H2,1H3. The molecule has 1 unspecified atom stereocenters. The lowest BCUT2D eigenvalue weighted by atomic mass is 10.2. The smallest absolute Gasteiger partial charge is 0.311 e. The van der Waals surface area contributed by atoms with Gasteiger partial charge in [-0.25, -0.2) is 0 Å². The van der Waals surface area contributed by atoms with Gasteiger partial charge in [-0.15, -0.1) is 11.6 Å². The fourth-order valence-electron chi connectivity index (χ4n) is 1.19. The molecule has 0 saturated carbocycles. The van der Waals surface area contributed by atoms with Gasteiger partial charge in [0.15, 0.2) is 5.75 Å². The molecule has 1 rings (SSSR count). The molecule has 1 aromatic carbocycles. The van der Waals surface area contributed by atoms with Crippen LogP contribution in [0.4, 0.5) is 5.69 Å². The van der Waals surface area contributed by atoms with Crippen molar-refractivity contribution in [2.75, 3.05) is 12.5 Å². The molecule has 0 heterocycles. The highest BCUT2D eigenvalue weighted by Crippen LogP contribution is 2.30. The second-order valence-corrected chi connectivity index (χ2v) is 3.61. The third kappa shape index (κ3) is 3.08. The van der Waals surface area contributed by atoms with Crippen molar-refractivity contribution in [3.63, 3.8) is 0 Å². The summed E-state index contributed by atoms with van der Waals surface area (Å²) in [6, 6.07) is 4.64. The van der Waals surface area contributed by atoms with Gasteiger partial charge in [0.05, 0.1) is 10.8 Å². The highest BCUT2D eigenvalue weighted by atomic mass is 35.5. The number of hydrogen-bond donors (Lipinski definition) is 1. The monoisotopic (exact) mass is 245 g/mol. The average molecular weight is 246 g/mol. The van der Waals surface area contributed by atoms with Gasteiger partial charge in [0, 0.05) is 6.07 Å². The predicted molar refractivity (Wildman–Crippen MR) is 60.1 cm³/mol. The molecule has 88 valence electrons. The van der Waals surface area contributed by atoms with Crippen LogP contribution in [0.5, 0.6) is 5.75 Å². The lowest BCUT2D eigenvalue weighted by Gasteiger charge is -2.11. The molecule has 1 N–H and O–H groups in total. The van der Waals surface area contributed by atoms with Crippen LogP contribution in [0.15, 0.2) is 18.2 Å². The van der Waals surface area contributed by atoms with E-state index in [0.717, 1.165) is 0 Å². The summed E-state index contributed by atoms with van der Waals surface area (Å²) in [6.45, 7) is 1.64. The summed E-state index contributed by atoms with van der Waals surface area (Å²) in [6.07, 6.45) is -0.833. The Bertz CT molecular complexity index is 383. The largest absolute Gasteiger partial charge is 0.484 e. The van der Waals surface area contributed by atoms with E-state index in [4.69, 9.17) is 16.3 Å². The maximum Gasteiger partial charge on any atom is 0.311 e. The summed E-state index contributed by atoms with van der Waals surface area (Å²) in [4.78, 5) is 10.2. The summed E-state index contributed by atoms with van der Waals surface area (Å²) in [7, 11) is 0. The van der Waals surface area contributed by atoms with Gasteiger partial charge >= 0.3 is 5.69 Å². The number of nitrogens with zero attached hydrogens (tertiary/aromatic N) is 1. The quantitative estimate of drug-likeness (QED) is 0.488. The van der Waals surface area contributed by atoms with E-state index in [9.17, 15) is 15.2 Å². The number of benzene rings is 1. The van der Waals surface area contributed by atoms with Crippen LogP contribution in [0.25, 0.3) is 0 Å². The van der Waals surface area contributed by atoms with E-state index in [1.165, 1.54) is 6.07 Å². The second kappa shape index (κ2) is 5.67. The number of ether oxygens (including phenoxy) is 1. The van der Waals surface area contributed by atoms with E-state index >= 15 is 0 Å². The Kier molecular flexibility index (Phi) is 4.52. The van der Waals surface area contributed by atoms with Crippen LogP contribution in [-0.4, -0.2) is 28.6 Å². The molecule has 0 aliphatic heterocycles. The van der Waals surface area contributed by atoms with Crippen LogP contribution < -0.4 is 4.74 Å². The van der Waals surface area contributed by atoms with Crippen LogP contribution in [0, 0.1) is 17.0 Å². The molecule has 0 aromatic heterocycles. The molecule has 0 aliphatic carbocycles. The van der Waals surface area contributed by atoms with Crippen molar-refractivity contribution in [1.82, 2.24) is 0 Å². The van der Waals surface area contributed by atoms with Gasteiger partial charge in [-0.3, -0.25) is 10.1 Å². The number of hydrogen-bond acceptors (Lipinski definition) is 4. The highest BCUT2D eigenvalue weighted by Gasteiger charge is 2.17. The summed E-state index contributed by atoms with van der Waals surface area (Å²) in [5, 5.41) is 19.9. The molecule has 16 heavy (non-hydrogen) atoms. The Morgan fingerprint density at radius 2 is 2.31 bits per heavy atom. The number of rotatable bonds is 5. The van der Waals surface area contributed by atoms with Gasteiger partial charge in [0.1, 0.15) is 12.7 Å². The Hall–Kier alpha value is -1.33. The Labute approximate surface area is 97.8 Å². The predicted octanol–water partition coefficient (Wildman–Crippen LogP) is 1.88. The molecule has 0 fully saturated rings. The third-order valence-corrected chi connectivity index (χ3v) is 2.34. The van der Waals surface area contributed by atoms with E-state index in [2.05, 4.69) is 0 Å². The molecular formula is C10H12ClNO4. The van der Waals surface area contributed by atoms with Gasteiger partial charge in [-0.2, -0.15) is 0 Å². The molecule has 0 amide bonds. The number of nitro groups is 1. The number of alkyl halides is 1. The molecule has 0 aliphatic rings. The zero-order valence-electron chi connectivity index (χ0n) is 8.72. The van der Waals surface area contributed by atoms with Crippen molar-refractivity contribution >= 4 is 17.3 Å². The topological polar surface area (TPSA) is 72.6 Å². The minimum absolute atomic E-state index is 0.0275. The van der Waals surface area contributed by atoms with Crippen LogP contribution in [0.1, 0.15) is 5.56 Å². The van der Waals surface area contributed by atoms with Crippen molar-refractivity contribution in [2.24, 2.45) is 0 Å². The maximum absolute atomic E-state index is 10.7. The normalized spacial score (nSPS) is 12.2. The number of aliphatic hydroxyl groups excluding tert-OH is 1. The highest BCUT2D eigenvalue weighted by molar-refractivity contribution is 6.18. The minimum Gasteiger partial charge on any atom is -0.484 e. The molecule has 1 aromatic rings. The van der Waals surface area contributed by atoms with Gasteiger partial charge in [-0.05, 0) is 12.5 Å².